The van der Waals surface area contributed by atoms with Gasteiger partial charge in [-0.15, -0.1) is 0 Å². The van der Waals surface area contributed by atoms with Gasteiger partial charge in [-0.1, -0.05) is 40.5 Å². The van der Waals surface area contributed by atoms with Crippen molar-refractivity contribution < 1.29 is 0 Å². The standard InChI is InChI=1S/C20H43N5/c1-16(2)9-8-10-18(5)23-20(21-6)22-15-19(17(3)4)25-13-11-24(7)12-14-25/h16-19H,8-15H2,1-7H3,(H2,21,22,23). The Morgan fingerprint density at radius 1 is 1.00 bits per heavy atom. The van der Waals surface area contributed by atoms with Gasteiger partial charge in [-0.05, 0) is 32.2 Å². The maximum absolute atomic E-state index is 4.43. The van der Waals surface area contributed by atoms with Crippen LogP contribution >= 0.6 is 0 Å². The molecule has 0 amide bonds. The molecule has 148 valence electrons. The van der Waals surface area contributed by atoms with Crippen molar-refractivity contribution in [2.24, 2.45) is 16.8 Å². The minimum Gasteiger partial charge on any atom is -0.355 e. The van der Waals surface area contributed by atoms with Crippen LogP contribution in [0.1, 0.15) is 53.9 Å². The average molecular weight is 354 g/mol. The van der Waals surface area contributed by atoms with E-state index in [2.05, 4.69) is 67.1 Å². The van der Waals surface area contributed by atoms with E-state index in [1.165, 1.54) is 45.4 Å². The lowest BCUT2D eigenvalue weighted by atomic mass is 10.0. The highest BCUT2D eigenvalue weighted by atomic mass is 15.3. The number of hydrogen-bond acceptors (Lipinski definition) is 3. The molecule has 2 unspecified atom stereocenters. The van der Waals surface area contributed by atoms with Crippen LogP contribution in [0.4, 0.5) is 0 Å². The fraction of sp³-hybridized carbons (Fsp3) is 0.950. The normalized spacial score (nSPS) is 20.1. The van der Waals surface area contributed by atoms with E-state index in [4.69, 9.17) is 0 Å². The first-order valence-corrected chi connectivity index (χ1v) is 10.2. The highest BCUT2D eigenvalue weighted by Crippen LogP contribution is 2.13. The van der Waals surface area contributed by atoms with Crippen LogP contribution in [-0.2, 0) is 0 Å². The molecule has 0 aliphatic carbocycles. The molecule has 0 aromatic heterocycles. The molecule has 0 aromatic rings. The molecule has 0 radical (unpaired) electrons. The van der Waals surface area contributed by atoms with Crippen molar-refractivity contribution in [3.63, 3.8) is 0 Å². The molecule has 5 nitrogen and oxygen atoms in total. The van der Waals surface area contributed by atoms with Crippen LogP contribution in [0.5, 0.6) is 0 Å². The first kappa shape index (κ1) is 22.2. The van der Waals surface area contributed by atoms with E-state index in [0.717, 1.165) is 18.4 Å². The number of rotatable bonds is 9. The fourth-order valence-electron chi connectivity index (χ4n) is 3.47. The fourth-order valence-corrected chi connectivity index (χ4v) is 3.47. The Morgan fingerprint density at radius 3 is 2.16 bits per heavy atom. The molecule has 1 saturated heterocycles. The summed E-state index contributed by atoms with van der Waals surface area (Å²) in [4.78, 5) is 9.48. The summed E-state index contributed by atoms with van der Waals surface area (Å²) in [6.45, 7) is 17.1. The van der Waals surface area contributed by atoms with Gasteiger partial charge in [0, 0.05) is 51.9 Å². The van der Waals surface area contributed by atoms with Gasteiger partial charge in [-0.25, -0.2) is 0 Å². The lowest BCUT2D eigenvalue weighted by Gasteiger charge is -2.40. The Kier molecular flexibility index (Phi) is 10.4. The number of likely N-dealkylation sites (N-methyl/N-ethyl adjacent to an activating group) is 1. The number of guanidine groups is 1. The number of hydrogen-bond donors (Lipinski definition) is 2. The Bertz CT molecular complexity index is 372. The van der Waals surface area contributed by atoms with Crippen molar-refractivity contribution in [3.8, 4) is 0 Å². The van der Waals surface area contributed by atoms with E-state index in [-0.39, 0.29) is 0 Å². The molecule has 0 saturated carbocycles. The molecule has 5 heteroatoms. The highest BCUT2D eigenvalue weighted by Gasteiger charge is 2.25. The second kappa shape index (κ2) is 11.7. The number of nitrogens with one attached hydrogen (secondary N) is 2. The zero-order valence-electron chi connectivity index (χ0n) is 17.8. The molecular weight excluding hydrogens is 310 g/mol. The summed E-state index contributed by atoms with van der Waals surface area (Å²) in [5, 5.41) is 7.13. The molecule has 1 aliphatic rings. The van der Waals surface area contributed by atoms with E-state index >= 15 is 0 Å². The molecule has 2 atom stereocenters. The van der Waals surface area contributed by atoms with Crippen molar-refractivity contribution in [3.05, 3.63) is 0 Å². The monoisotopic (exact) mass is 353 g/mol. The summed E-state index contributed by atoms with van der Waals surface area (Å²) in [5.74, 6) is 2.37. The maximum atomic E-state index is 4.43. The molecule has 1 heterocycles. The lowest BCUT2D eigenvalue weighted by Crippen LogP contribution is -2.55. The summed E-state index contributed by atoms with van der Waals surface area (Å²) >= 11 is 0. The summed E-state index contributed by atoms with van der Waals surface area (Å²) < 4.78 is 0. The van der Waals surface area contributed by atoms with Gasteiger partial charge < -0.3 is 15.5 Å². The Balaban J connectivity index is 2.42. The zero-order chi connectivity index (χ0) is 18.8. The summed E-state index contributed by atoms with van der Waals surface area (Å²) in [7, 11) is 4.09. The van der Waals surface area contributed by atoms with Gasteiger partial charge in [0.05, 0.1) is 0 Å². The van der Waals surface area contributed by atoms with Gasteiger partial charge in [0.2, 0.25) is 0 Å². The van der Waals surface area contributed by atoms with Gasteiger partial charge in [-0.3, -0.25) is 9.89 Å². The van der Waals surface area contributed by atoms with E-state index in [9.17, 15) is 0 Å². The van der Waals surface area contributed by atoms with Crippen molar-refractivity contribution in [2.75, 3.05) is 46.8 Å². The van der Waals surface area contributed by atoms with E-state index in [1.54, 1.807) is 0 Å². The lowest BCUT2D eigenvalue weighted by molar-refractivity contribution is 0.0899. The molecule has 2 N–H and O–H groups in total. The minimum atomic E-state index is 0.464. The van der Waals surface area contributed by atoms with Gasteiger partial charge in [0.25, 0.3) is 0 Å². The van der Waals surface area contributed by atoms with Crippen LogP contribution < -0.4 is 10.6 Å². The van der Waals surface area contributed by atoms with Gasteiger partial charge in [0.1, 0.15) is 0 Å². The Morgan fingerprint density at radius 2 is 1.64 bits per heavy atom. The Hall–Kier alpha value is -0.810. The minimum absolute atomic E-state index is 0.464. The SMILES string of the molecule is CN=C(NCC(C(C)C)N1CCN(C)CC1)NC(C)CCCC(C)C. The largest absolute Gasteiger partial charge is 0.355 e. The van der Waals surface area contributed by atoms with E-state index < -0.39 is 0 Å². The summed E-state index contributed by atoms with van der Waals surface area (Å²) in [5.41, 5.74) is 0. The van der Waals surface area contributed by atoms with Crippen molar-refractivity contribution >= 4 is 5.96 Å². The topological polar surface area (TPSA) is 42.9 Å². The molecule has 0 aromatic carbocycles. The van der Waals surface area contributed by atoms with Gasteiger partial charge in [0.15, 0.2) is 5.96 Å². The first-order chi connectivity index (χ1) is 11.8. The molecule has 1 rings (SSSR count). The maximum Gasteiger partial charge on any atom is 0.191 e. The smallest absolute Gasteiger partial charge is 0.191 e. The van der Waals surface area contributed by atoms with Crippen LogP contribution in [0.25, 0.3) is 0 Å². The molecule has 1 fully saturated rings. The third-order valence-corrected chi connectivity index (χ3v) is 5.28. The average Bonchev–Trinajstić information content (AvgIpc) is 2.54. The van der Waals surface area contributed by atoms with Gasteiger partial charge >= 0.3 is 0 Å². The number of nitrogens with zero attached hydrogens (tertiary/aromatic N) is 3. The van der Waals surface area contributed by atoms with Crippen molar-refractivity contribution in [2.45, 2.75) is 66.0 Å². The van der Waals surface area contributed by atoms with Crippen molar-refractivity contribution in [1.29, 1.82) is 0 Å². The van der Waals surface area contributed by atoms with E-state index in [1.807, 2.05) is 7.05 Å². The second-order valence-electron chi connectivity index (χ2n) is 8.47. The molecule has 0 bridgehead atoms. The van der Waals surface area contributed by atoms with E-state index in [0.29, 0.717) is 18.0 Å². The highest BCUT2D eigenvalue weighted by molar-refractivity contribution is 5.79. The molecule has 1 aliphatic heterocycles. The predicted molar refractivity (Wildman–Crippen MR) is 110 cm³/mol. The predicted octanol–water partition coefficient (Wildman–Crippen LogP) is 2.64. The second-order valence-corrected chi connectivity index (χ2v) is 8.47. The quantitative estimate of drug-likeness (QED) is 0.494. The van der Waals surface area contributed by atoms with Gasteiger partial charge in [-0.2, -0.15) is 0 Å². The van der Waals surface area contributed by atoms with Crippen LogP contribution in [-0.4, -0.2) is 74.7 Å². The van der Waals surface area contributed by atoms with Crippen LogP contribution in [0.15, 0.2) is 4.99 Å². The van der Waals surface area contributed by atoms with Crippen LogP contribution in [0.2, 0.25) is 0 Å². The number of aliphatic imine (C=N–C) groups is 1. The van der Waals surface area contributed by atoms with Crippen LogP contribution in [0, 0.1) is 11.8 Å². The summed E-state index contributed by atoms with van der Waals surface area (Å²) in [6.07, 6.45) is 3.78. The summed E-state index contributed by atoms with van der Waals surface area (Å²) in [6, 6.07) is 1.02. The zero-order valence-corrected chi connectivity index (χ0v) is 17.8. The molecular formula is C20H43N5. The Labute approximate surface area is 156 Å². The third kappa shape index (κ3) is 8.91. The third-order valence-electron chi connectivity index (χ3n) is 5.28. The van der Waals surface area contributed by atoms with Crippen molar-refractivity contribution in [1.82, 2.24) is 20.4 Å². The molecule has 25 heavy (non-hydrogen) atoms. The number of piperazine rings is 1. The first-order valence-electron chi connectivity index (χ1n) is 10.2. The molecule has 0 spiro atoms. The van der Waals surface area contributed by atoms with Crippen LogP contribution in [0.3, 0.4) is 0 Å².